The van der Waals surface area contributed by atoms with E-state index in [2.05, 4.69) is 15.2 Å². The molecule has 1 aromatic carbocycles. The van der Waals surface area contributed by atoms with E-state index >= 15 is 0 Å². The molecule has 0 amide bonds. The van der Waals surface area contributed by atoms with Gasteiger partial charge < -0.3 is 13.9 Å². The molecule has 3 aromatic heterocycles. The minimum absolute atomic E-state index is 0.125. The Balaban J connectivity index is 1.77. The van der Waals surface area contributed by atoms with Crippen molar-refractivity contribution in [2.75, 3.05) is 14.2 Å². The van der Waals surface area contributed by atoms with Crippen LogP contribution in [-0.2, 0) is 22.0 Å². The van der Waals surface area contributed by atoms with E-state index < -0.39 is 26.7 Å². The maximum absolute atomic E-state index is 13.3. The predicted molar refractivity (Wildman–Crippen MR) is 122 cm³/mol. The van der Waals surface area contributed by atoms with E-state index in [1.807, 2.05) is 0 Å². The number of para-hydroxylation sites is 1. The first kappa shape index (κ1) is 23.4. The number of furan rings is 1. The second-order valence-electron chi connectivity index (χ2n) is 7.55. The first-order valence-corrected chi connectivity index (χ1v) is 12.1. The zero-order chi connectivity index (χ0) is 24.3. The average Bonchev–Trinajstić information content (AvgIpc) is 3.49. The molecule has 1 atom stereocenters. The van der Waals surface area contributed by atoms with Crippen molar-refractivity contribution in [3.8, 4) is 28.8 Å². The second-order valence-corrected chi connectivity index (χ2v) is 9.97. The number of hydrogen-bond acceptors (Lipinski definition) is 8. The van der Waals surface area contributed by atoms with Crippen LogP contribution in [-0.4, -0.2) is 47.6 Å². The summed E-state index contributed by atoms with van der Waals surface area (Å²) in [6.07, 6.45) is 2.68. The Hall–Kier alpha value is -3.73. The van der Waals surface area contributed by atoms with Crippen LogP contribution in [0.5, 0.6) is 11.5 Å². The molecule has 0 N–H and O–H groups in total. The van der Waals surface area contributed by atoms with E-state index in [9.17, 15) is 12.8 Å². The van der Waals surface area contributed by atoms with E-state index in [0.29, 0.717) is 34.5 Å². The molecule has 0 aliphatic carbocycles. The second kappa shape index (κ2) is 9.64. The van der Waals surface area contributed by atoms with Crippen molar-refractivity contribution in [1.82, 2.24) is 19.7 Å². The van der Waals surface area contributed by atoms with Gasteiger partial charge in [-0.05, 0) is 43.3 Å². The Bertz CT molecular complexity index is 1350. The Kier molecular flexibility index (Phi) is 6.64. The molecule has 4 aromatic rings. The summed E-state index contributed by atoms with van der Waals surface area (Å²) in [5.74, 6) is 0.836. The SMILES string of the molecule is COc1cccc(OC)c1-n1c(CS(=O)(=O)[C@H](C)Cc2ccc(F)cn2)nnc1-c1ccco1. The number of hydrogen-bond donors (Lipinski definition) is 0. The lowest BCUT2D eigenvalue weighted by Gasteiger charge is -2.18. The fourth-order valence-electron chi connectivity index (χ4n) is 3.53. The fraction of sp³-hybridized carbons (Fsp3) is 0.261. The Morgan fingerprint density at radius 3 is 2.38 bits per heavy atom. The van der Waals surface area contributed by atoms with Crippen molar-refractivity contribution >= 4 is 9.84 Å². The first-order chi connectivity index (χ1) is 16.3. The molecule has 0 fully saturated rings. The summed E-state index contributed by atoms with van der Waals surface area (Å²) < 4.78 is 57.9. The van der Waals surface area contributed by atoms with Crippen LogP contribution in [0, 0.1) is 5.82 Å². The first-order valence-electron chi connectivity index (χ1n) is 10.4. The van der Waals surface area contributed by atoms with Gasteiger partial charge in [-0.3, -0.25) is 9.55 Å². The van der Waals surface area contributed by atoms with Crippen molar-refractivity contribution in [1.29, 1.82) is 0 Å². The van der Waals surface area contributed by atoms with E-state index in [-0.39, 0.29) is 12.2 Å². The third-order valence-electron chi connectivity index (χ3n) is 5.33. The molecule has 9 nitrogen and oxygen atoms in total. The largest absolute Gasteiger partial charge is 0.494 e. The summed E-state index contributed by atoms with van der Waals surface area (Å²) in [5, 5.41) is 7.59. The van der Waals surface area contributed by atoms with E-state index in [1.54, 1.807) is 41.8 Å². The Morgan fingerprint density at radius 1 is 1.06 bits per heavy atom. The number of aromatic nitrogens is 4. The number of nitrogens with zero attached hydrogens (tertiary/aromatic N) is 4. The van der Waals surface area contributed by atoms with Crippen LogP contribution in [0.15, 0.2) is 59.3 Å². The van der Waals surface area contributed by atoms with Crippen molar-refractivity contribution in [2.24, 2.45) is 0 Å². The molecule has 0 saturated heterocycles. The number of benzene rings is 1. The number of sulfone groups is 1. The van der Waals surface area contributed by atoms with Gasteiger partial charge in [0.25, 0.3) is 0 Å². The lowest BCUT2D eigenvalue weighted by molar-refractivity contribution is 0.390. The fourth-order valence-corrected chi connectivity index (χ4v) is 4.79. The summed E-state index contributed by atoms with van der Waals surface area (Å²) in [6.45, 7) is 1.58. The van der Waals surface area contributed by atoms with Crippen molar-refractivity contribution in [2.45, 2.75) is 24.3 Å². The number of ether oxygens (including phenoxy) is 2. The zero-order valence-corrected chi connectivity index (χ0v) is 19.6. The van der Waals surface area contributed by atoms with Gasteiger partial charge in [0, 0.05) is 12.1 Å². The summed E-state index contributed by atoms with van der Waals surface area (Å²) >= 11 is 0. The molecule has 0 aliphatic rings. The molecule has 0 saturated carbocycles. The zero-order valence-electron chi connectivity index (χ0n) is 18.8. The molecule has 0 spiro atoms. The van der Waals surface area contributed by atoms with Crippen LogP contribution >= 0.6 is 0 Å². The summed E-state index contributed by atoms with van der Waals surface area (Å²) in [4.78, 5) is 3.97. The molecular formula is C23H23FN4O5S. The highest BCUT2D eigenvalue weighted by Gasteiger charge is 2.29. The molecule has 0 radical (unpaired) electrons. The average molecular weight is 487 g/mol. The molecule has 0 aliphatic heterocycles. The standard InChI is InChI=1S/C23H23FN4O5S/c1-15(12-17-10-9-16(24)13-25-17)34(29,30)14-21-26-27-23(20-8-5-11-33-20)28(21)22-18(31-2)6-4-7-19(22)32-3/h4-11,13,15H,12,14H2,1-3H3/t15-/m1/s1. The minimum atomic E-state index is -3.72. The van der Waals surface area contributed by atoms with Gasteiger partial charge in [0.2, 0.25) is 5.82 Å². The minimum Gasteiger partial charge on any atom is -0.494 e. The summed E-state index contributed by atoms with van der Waals surface area (Å²) in [5.41, 5.74) is 0.920. The van der Waals surface area contributed by atoms with E-state index in [0.717, 1.165) is 6.20 Å². The highest BCUT2D eigenvalue weighted by atomic mass is 32.2. The molecule has 11 heteroatoms. The van der Waals surface area contributed by atoms with Gasteiger partial charge >= 0.3 is 0 Å². The van der Waals surface area contributed by atoms with Crippen LogP contribution in [0.3, 0.4) is 0 Å². The van der Waals surface area contributed by atoms with Crippen molar-refractivity contribution < 1.29 is 26.7 Å². The Morgan fingerprint density at radius 2 is 1.79 bits per heavy atom. The van der Waals surface area contributed by atoms with Gasteiger partial charge in [0.1, 0.15) is 28.8 Å². The maximum Gasteiger partial charge on any atom is 0.204 e. The van der Waals surface area contributed by atoms with Gasteiger partial charge in [-0.2, -0.15) is 0 Å². The van der Waals surface area contributed by atoms with E-state index in [4.69, 9.17) is 13.9 Å². The molecule has 4 rings (SSSR count). The number of halogens is 1. The lowest BCUT2D eigenvalue weighted by atomic mass is 10.2. The number of rotatable bonds is 9. The molecule has 0 bridgehead atoms. The Labute approximate surface area is 196 Å². The van der Waals surface area contributed by atoms with Gasteiger partial charge in [0.05, 0.1) is 31.9 Å². The molecular weight excluding hydrogens is 463 g/mol. The molecule has 178 valence electrons. The van der Waals surface area contributed by atoms with Crippen LogP contribution in [0.4, 0.5) is 4.39 Å². The highest BCUT2D eigenvalue weighted by Crippen LogP contribution is 2.36. The smallest absolute Gasteiger partial charge is 0.204 e. The number of pyridine rings is 1. The lowest BCUT2D eigenvalue weighted by Crippen LogP contribution is -2.24. The van der Waals surface area contributed by atoms with Gasteiger partial charge in [-0.25, -0.2) is 12.8 Å². The maximum atomic E-state index is 13.3. The normalized spacial score (nSPS) is 12.5. The topological polar surface area (TPSA) is 109 Å². The number of methoxy groups -OCH3 is 2. The predicted octanol–water partition coefficient (Wildman–Crippen LogP) is 3.62. The molecule has 0 unspecified atom stereocenters. The van der Waals surface area contributed by atoms with Crippen molar-refractivity contribution in [3.05, 3.63) is 72.3 Å². The van der Waals surface area contributed by atoms with Crippen molar-refractivity contribution in [3.63, 3.8) is 0 Å². The molecule has 34 heavy (non-hydrogen) atoms. The monoisotopic (exact) mass is 486 g/mol. The van der Waals surface area contributed by atoms with Crippen LogP contribution in [0.25, 0.3) is 17.3 Å². The summed E-state index contributed by atoms with van der Waals surface area (Å²) in [6, 6.07) is 11.3. The van der Waals surface area contributed by atoms with Gasteiger partial charge in [-0.1, -0.05) is 6.07 Å². The molecule has 3 heterocycles. The third kappa shape index (κ3) is 4.65. The van der Waals surface area contributed by atoms with Gasteiger partial charge in [0.15, 0.2) is 21.4 Å². The van der Waals surface area contributed by atoms with Crippen LogP contribution < -0.4 is 9.47 Å². The van der Waals surface area contributed by atoms with Crippen LogP contribution in [0.1, 0.15) is 18.4 Å². The summed E-state index contributed by atoms with van der Waals surface area (Å²) in [7, 11) is -0.709. The highest BCUT2D eigenvalue weighted by molar-refractivity contribution is 7.91. The third-order valence-corrected chi connectivity index (χ3v) is 7.38. The quantitative estimate of drug-likeness (QED) is 0.353. The van der Waals surface area contributed by atoms with E-state index in [1.165, 1.54) is 32.6 Å². The van der Waals surface area contributed by atoms with Crippen LogP contribution in [0.2, 0.25) is 0 Å². The van der Waals surface area contributed by atoms with Gasteiger partial charge in [-0.15, -0.1) is 10.2 Å².